The Balaban J connectivity index is 4.25. The van der Waals surface area contributed by atoms with Gasteiger partial charge < -0.3 is 0 Å². The lowest BCUT2D eigenvalue weighted by atomic mass is 10.3. The van der Waals surface area contributed by atoms with Gasteiger partial charge in [-0.05, 0) is 13.8 Å². The summed E-state index contributed by atoms with van der Waals surface area (Å²) in [5.74, 6) is 0. The third kappa shape index (κ3) is 9.01. The first-order valence-electron chi connectivity index (χ1n) is 4.82. The summed E-state index contributed by atoms with van der Waals surface area (Å²) >= 11 is 4.10. The van der Waals surface area contributed by atoms with E-state index in [0.29, 0.717) is 13.6 Å². The molecule has 0 fully saturated rings. The van der Waals surface area contributed by atoms with Gasteiger partial charge in [0, 0.05) is 9.49 Å². The zero-order valence-corrected chi connectivity index (χ0v) is 11.9. The molecule has 0 radical (unpaired) electrons. The molecule has 0 aliphatic heterocycles. The van der Waals surface area contributed by atoms with Crippen molar-refractivity contribution in [2.45, 2.75) is 69.0 Å². The SMILES string of the molecule is CC(C)(C)SC(C)(C)SC(C)(C)C. The van der Waals surface area contributed by atoms with Crippen LogP contribution in [0, 0.1) is 0 Å². The van der Waals surface area contributed by atoms with Gasteiger partial charge in [0.2, 0.25) is 0 Å². The van der Waals surface area contributed by atoms with Crippen LogP contribution in [0.3, 0.4) is 0 Å². The van der Waals surface area contributed by atoms with E-state index in [4.69, 9.17) is 0 Å². The van der Waals surface area contributed by atoms with Crippen LogP contribution in [0.15, 0.2) is 0 Å². The molecule has 0 amide bonds. The molecule has 0 saturated heterocycles. The molecule has 0 N–H and O–H groups in total. The minimum atomic E-state index is 0.302. The van der Waals surface area contributed by atoms with Gasteiger partial charge in [-0.15, -0.1) is 23.5 Å². The Morgan fingerprint density at radius 3 is 0.923 bits per heavy atom. The van der Waals surface area contributed by atoms with Gasteiger partial charge in [0.1, 0.15) is 0 Å². The van der Waals surface area contributed by atoms with Crippen molar-refractivity contribution in [3.63, 3.8) is 0 Å². The molecular weight excluding hydrogens is 196 g/mol. The zero-order valence-electron chi connectivity index (χ0n) is 10.3. The van der Waals surface area contributed by atoms with Crippen molar-refractivity contribution in [3.05, 3.63) is 0 Å². The van der Waals surface area contributed by atoms with Crippen LogP contribution in [0.4, 0.5) is 0 Å². The van der Waals surface area contributed by atoms with E-state index in [1.54, 1.807) is 0 Å². The van der Waals surface area contributed by atoms with Gasteiger partial charge >= 0.3 is 0 Å². The second-order valence-corrected chi connectivity index (χ2v) is 11.0. The van der Waals surface area contributed by atoms with Crippen molar-refractivity contribution < 1.29 is 0 Å². The predicted octanol–water partition coefficient (Wildman–Crippen LogP) is 4.79. The van der Waals surface area contributed by atoms with E-state index in [2.05, 4.69) is 55.4 Å². The first-order chi connectivity index (χ1) is 5.41. The van der Waals surface area contributed by atoms with E-state index in [-0.39, 0.29) is 0 Å². The summed E-state index contributed by atoms with van der Waals surface area (Å²) in [4.78, 5) is 0. The Hall–Kier alpha value is 0.700. The molecule has 0 aliphatic rings. The summed E-state index contributed by atoms with van der Waals surface area (Å²) in [6.45, 7) is 18.3. The van der Waals surface area contributed by atoms with Crippen LogP contribution in [-0.4, -0.2) is 13.6 Å². The predicted molar refractivity (Wildman–Crippen MR) is 68.8 cm³/mol. The van der Waals surface area contributed by atoms with Gasteiger partial charge in [0.25, 0.3) is 0 Å². The lowest BCUT2D eigenvalue weighted by Crippen LogP contribution is -2.25. The molecule has 0 atom stereocenters. The third-order valence-electron chi connectivity index (χ3n) is 1.10. The molecule has 0 aromatic rings. The summed E-state index contributed by atoms with van der Waals surface area (Å²) in [6.07, 6.45) is 0. The van der Waals surface area contributed by atoms with E-state index in [0.717, 1.165) is 0 Å². The molecular formula is C11H24S2. The topological polar surface area (TPSA) is 0 Å². The van der Waals surface area contributed by atoms with E-state index in [1.807, 2.05) is 23.5 Å². The van der Waals surface area contributed by atoms with Gasteiger partial charge in [-0.1, -0.05) is 41.5 Å². The average molecular weight is 220 g/mol. The summed E-state index contributed by atoms with van der Waals surface area (Å²) < 4.78 is 1.00. The lowest BCUT2D eigenvalue weighted by molar-refractivity contribution is 0.772. The monoisotopic (exact) mass is 220 g/mol. The van der Waals surface area contributed by atoms with Gasteiger partial charge in [-0.2, -0.15) is 0 Å². The largest absolute Gasteiger partial charge is 0.139 e. The standard InChI is InChI=1S/C11H24S2/c1-9(2,3)12-11(7,8)13-10(4,5)6/h1-8H3. The smallest absolute Gasteiger partial charge is 0.0565 e. The fourth-order valence-corrected chi connectivity index (χ4v) is 6.11. The van der Waals surface area contributed by atoms with E-state index in [9.17, 15) is 0 Å². The average Bonchev–Trinajstić information content (AvgIpc) is 1.43. The number of hydrogen-bond donors (Lipinski definition) is 0. The summed E-state index contributed by atoms with van der Waals surface area (Å²) in [5.41, 5.74) is 0. The normalized spacial score (nSPS) is 14.8. The maximum absolute atomic E-state index is 2.32. The van der Waals surface area contributed by atoms with E-state index < -0.39 is 0 Å². The van der Waals surface area contributed by atoms with Crippen LogP contribution in [0.1, 0.15) is 55.4 Å². The molecule has 0 nitrogen and oxygen atoms in total. The molecule has 2 heteroatoms. The molecule has 80 valence electrons. The van der Waals surface area contributed by atoms with Crippen LogP contribution >= 0.6 is 23.5 Å². The Kier molecular flexibility index (Phi) is 4.28. The van der Waals surface area contributed by atoms with Crippen molar-refractivity contribution >= 4 is 23.5 Å². The molecule has 0 bridgehead atoms. The molecule has 0 aromatic heterocycles. The Bertz CT molecular complexity index is 140. The van der Waals surface area contributed by atoms with E-state index in [1.165, 1.54) is 0 Å². The maximum atomic E-state index is 2.32. The van der Waals surface area contributed by atoms with Crippen molar-refractivity contribution in [2.24, 2.45) is 0 Å². The Morgan fingerprint density at radius 2 is 0.769 bits per heavy atom. The molecule has 0 saturated carbocycles. The Morgan fingerprint density at radius 1 is 0.538 bits per heavy atom. The third-order valence-corrected chi connectivity index (χ3v) is 3.81. The molecule has 0 rings (SSSR count). The highest BCUT2D eigenvalue weighted by atomic mass is 32.2. The highest BCUT2D eigenvalue weighted by Crippen LogP contribution is 2.48. The summed E-state index contributed by atoms with van der Waals surface area (Å²) in [7, 11) is 0. The maximum Gasteiger partial charge on any atom is 0.0565 e. The molecule has 0 aliphatic carbocycles. The fraction of sp³-hybridized carbons (Fsp3) is 1.00. The van der Waals surface area contributed by atoms with Crippen LogP contribution in [-0.2, 0) is 0 Å². The summed E-state index contributed by atoms with van der Waals surface area (Å²) in [5, 5.41) is 0. The van der Waals surface area contributed by atoms with Crippen molar-refractivity contribution in [3.8, 4) is 0 Å². The number of hydrogen-bond acceptors (Lipinski definition) is 2. The first-order valence-corrected chi connectivity index (χ1v) is 6.45. The molecule has 13 heavy (non-hydrogen) atoms. The second kappa shape index (κ2) is 4.06. The van der Waals surface area contributed by atoms with Crippen LogP contribution in [0.25, 0.3) is 0 Å². The van der Waals surface area contributed by atoms with Crippen LogP contribution in [0.5, 0.6) is 0 Å². The quantitative estimate of drug-likeness (QED) is 0.614. The van der Waals surface area contributed by atoms with Crippen molar-refractivity contribution in [1.82, 2.24) is 0 Å². The molecule has 0 spiro atoms. The van der Waals surface area contributed by atoms with Gasteiger partial charge in [-0.25, -0.2) is 0 Å². The zero-order chi connectivity index (χ0) is 10.9. The van der Waals surface area contributed by atoms with Gasteiger partial charge in [-0.3, -0.25) is 0 Å². The van der Waals surface area contributed by atoms with Crippen LogP contribution < -0.4 is 0 Å². The van der Waals surface area contributed by atoms with Gasteiger partial charge in [0.15, 0.2) is 0 Å². The molecule has 0 unspecified atom stereocenters. The van der Waals surface area contributed by atoms with E-state index >= 15 is 0 Å². The molecule has 0 heterocycles. The summed E-state index contributed by atoms with van der Waals surface area (Å²) in [6, 6.07) is 0. The highest BCUT2D eigenvalue weighted by molar-refractivity contribution is 8.19. The van der Waals surface area contributed by atoms with Crippen LogP contribution in [0.2, 0.25) is 0 Å². The fourth-order valence-electron chi connectivity index (χ4n) is 1.50. The number of thioether (sulfide) groups is 2. The lowest BCUT2D eigenvalue weighted by Gasteiger charge is -2.36. The second-order valence-electron chi connectivity index (χ2n) is 5.83. The van der Waals surface area contributed by atoms with Crippen molar-refractivity contribution in [2.75, 3.05) is 0 Å². The first kappa shape index (κ1) is 13.7. The van der Waals surface area contributed by atoms with Crippen molar-refractivity contribution in [1.29, 1.82) is 0 Å². The molecule has 0 aromatic carbocycles. The highest BCUT2D eigenvalue weighted by Gasteiger charge is 2.30. The van der Waals surface area contributed by atoms with Gasteiger partial charge in [0.05, 0.1) is 4.08 Å². The minimum absolute atomic E-state index is 0.302. The Labute approximate surface area is 92.6 Å². The number of rotatable bonds is 2. The minimum Gasteiger partial charge on any atom is -0.139 e.